The molecule has 8 heteroatoms. The number of hydrogen-bond acceptors (Lipinski definition) is 7. The Morgan fingerprint density at radius 1 is 1.30 bits per heavy atom. The molecule has 144 valence electrons. The van der Waals surface area contributed by atoms with E-state index in [1.165, 1.54) is 0 Å². The second kappa shape index (κ2) is 8.75. The van der Waals surface area contributed by atoms with Crippen molar-refractivity contribution in [1.82, 2.24) is 20.4 Å². The number of carbonyl (C=O) groups excluding carboxylic acids is 2. The van der Waals surface area contributed by atoms with Crippen LogP contribution in [0.15, 0.2) is 29.0 Å². The minimum atomic E-state index is -0.902. The first kappa shape index (κ1) is 19.0. The highest BCUT2D eigenvalue weighted by atomic mass is 16.5. The zero-order chi connectivity index (χ0) is 19.1. The van der Waals surface area contributed by atoms with Crippen LogP contribution in [0.5, 0.6) is 0 Å². The Bertz CT molecular complexity index is 769. The fraction of sp³-hybridized carbons (Fsp3) is 0.526. The largest absolute Gasteiger partial charge is 0.464 e. The molecule has 1 N–H and O–H groups in total. The number of carbonyl (C=O) groups is 2. The maximum absolute atomic E-state index is 12.5. The highest BCUT2D eigenvalue weighted by Gasteiger charge is 2.42. The Hall–Kier alpha value is -2.77. The highest BCUT2D eigenvalue weighted by molar-refractivity contribution is 5.88. The van der Waals surface area contributed by atoms with E-state index in [-0.39, 0.29) is 18.3 Å². The smallest absolute Gasteiger partial charge is 0.331 e. The van der Waals surface area contributed by atoms with Crippen LogP contribution in [0, 0.1) is 0 Å². The molecule has 1 fully saturated rings. The van der Waals surface area contributed by atoms with E-state index in [9.17, 15) is 9.59 Å². The highest BCUT2D eigenvalue weighted by Crippen LogP contribution is 2.29. The third-order valence-electron chi connectivity index (χ3n) is 4.71. The van der Waals surface area contributed by atoms with Crippen LogP contribution in [-0.2, 0) is 20.7 Å². The van der Waals surface area contributed by atoms with Gasteiger partial charge in [0.25, 0.3) is 0 Å². The normalized spacial score (nSPS) is 15.9. The molecule has 0 aromatic carbocycles. The van der Waals surface area contributed by atoms with Gasteiger partial charge >= 0.3 is 5.97 Å². The number of nitrogens with zero attached hydrogens (tertiary/aromatic N) is 3. The standard InChI is InChI=1S/C19H24N4O4/c1-2-26-18(25)19(10-4-3-5-11-19)22-15(24)8-9-16-21-17(23-27-16)14-7-6-12-20-13-14/h6-7,12-13H,2-5,8-11H2,1H3,(H,22,24). The molecule has 2 aromatic rings. The zero-order valence-corrected chi connectivity index (χ0v) is 15.4. The van der Waals surface area contributed by atoms with E-state index in [1.807, 2.05) is 6.07 Å². The van der Waals surface area contributed by atoms with Crippen molar-refractivity contribution in [1.29, 1.82) is 0 Å². The predicted octanol–water partition coefficient (Wildman–Crippen LogP) is 2.45. The minimum Gasteiger partial charge on any atom is -0.464 e. The third-order valence-corrected chi connectivity index (χ3v) is 4.71. The van der Waals surface area contributed by atoms with Crippen LogP contribution in [-0.4, -0.2) is 39.1 Å². The number of aromatic nitrogens is 3. The van der Waals surface area contributed by atoms with E-state index in [1.54, 1.807) is 25.4 Å². The van der Waals surface area contributed by atoms with E-state index in [0.717, 1.165) is 24.8 Å². The lowest BCUT2D eigenvalue weighted by Crippen LogP contribution is -2.56. The molecule has 1 amide bonds. The van der Waals surface area contributed by atoms with Crippen molar-refractivity contribution < 1.29 is 18.8 Å². The van der Waals surface area contributed by atoms with E-state index in [4.69, 9.17) is 9.26 Å². The summed E-state index contributed by atoms with van der Waals surface area (Å²) in [7, 11) is 0. The van der Waals surface area contributed by atoms with Crippen molar-refractivity contribution in [3.63, 3.8) is 0 Å². The van der Waals surface area contributed by atoms with Gasteiger partial charge < -0.3 is 14.6 Å². The molecule has 0 unspecified atom stereocenters. The number of hydrogen-bond donors (Lipinski definition) is 1. The summed E-state index contributed by atoms with van der Waals surface area (Å²) in [5, 5.41) is 6.83. The van der Waals surface area contributed by atoms with Gasteiger partial charge in [-0.05, 0) is 31.9 Å². The van der Waals surface area contributed by atoms with E-state index < -0.39 is 5.54 Å². The van der Waals surface area contributed by atoms with Crippen molar-refractivity contribution in [2.45, 2.75) is 57.4 Å². The third kappa shape index (κ3) is 4.69. The van der Waals surface area contributed by atoms with E-state index in [2.05, 4.69) is 20.4 Å². The molecule has 27 heavy (non-hydrogen) atoms. The molecule has 1 saturated carbocycles. The summed E-state index contributed by atoms with van der Waals surface area (Å²) in [6, 6.07) is 3.62. The number of aryl methyl sites for hydroxylation is 1. The number of pyridine rings is 1. The summed E-state index contributed by atoms with van der Waals surface area (Å²) >= 11 is 0. The molecule has 0 spiro atoms. The maximum atomic E-state index is 12.5. The molecule has 0 saturated heterocycles. The van der Waals surface area contributed by atoms with Crippen molar-refractivity contribution in [2.75, 3.05) is 6.61 Å². The Morgan fingerprint density at radius 2 is 2.11 bits per heavy atom. The lowest BCUT2D eigenvalue weighted by Gasteiger charge is -2.35. The van der Waals surface area contributed by atoms with Crippen molar-refractivity contribution in [3.05, 3.63) is 30.4 Å². The van der Waals surface area contributed by atoms with Crippen LogP contribution in [0.25, 0.3) is 11.4 Å². The molecule has 8 nitrogen and oxygen atoms in total. The molecular weight excluding hydrogens is 348 g/mol. The summed E-state index contributed by atoms with van der Waals surface area (Å²) < 4.78 is 10.4. The van der Waals surface area contributed by atoms with Gasteiger partial charge in [0.1, 0.15) is 5.54 Å². The topological polar surface area (TPSA) is 107 Å². The molecule has 0 radical (unpaired) electrons. The van der Waals surface area contributed by atoms with Crippen LogP contribution in [0.4, 0.5) is 0 Å². The summed E-state index contributed by atoms with van der Waals surface area (Å²) in [6.07, 6.45) is 7.87. The Kier molecular flexibility index (Phi) is 6.16. The molecule has 1 aliphatic carbocycles. The Balaban J connectivity index is 1.58. The molecule has 0 aliphatic heterocycles. The number of nitrogens with one attached hydrogen (secondary N) is 1. The van der Waals surface area contributed by atoms with E-state index in [0.29, 0.717) is 37.6 Å². The maximum Gasteiger partial charge on any atom is 0.331 e. The lowest BCUT2D eigenvalue weighted by atomic mass is 9.81. The first-order valence-corrected chi connectivity index (χ1v) is 9.34. The van der Waals surface area contributed by atoms with Crippen LogP contribution in [0.1, 0.15) is 51.3 Å². The van der Waals surface area contributed by atoms with Crippen molar-refractivity contribution >= 4 is 11.9 Å². The fourth-order valence-electron chi connectivity index (χ4n) is 3.32. The Labute approximate surface area is 157 Å². The average molecular weight is 372 g/mol. The zero-order valence-electron chi connectivity index (χ0n) is 15.4. The minimum absolute atomic E-state index is 0.163. The molecule has 2 heterocycles. The number of esters is 1. The second-order valence-corrected chi connectivity index (χ2v) is 6.66. The first-order chi connectivity index (χ1) is 13.1. The lowest BCUT2D eigenvalue weighted by molar-refractivity contribution is -0.155. The van der Waals surface area contributed by atoms with Crippen LogP contribution < -0.4 is 5.32 Å². The number of ether oxygens (including phenoxy) is 1. The monoisotopic (exact) mass is 372 g/mol. The molecule has 2 aromatic heterocycles. The second-order valence-electron chi connectivity index (χ2n) is 6.66. The van der Waals surface area contributed by atoms with Gasteiger partial charge in [-0.3, -0.25) is 9.78 Å². The molecule has 3 rings (SSSR count). The fourth-order valence-corrected chi connectivity index (χ4v) is 3.32. The summed E-state index contributed by atoms with van der Waals surface area (Å²) in [4.78, 5) is 33.2. The van der Waals surface area contributed by atoms with Gasteiger partial charge in [0.15, 0.2) is 0 Å². The van der Waals surface area contributed by atoms with Crippen molar-refractivity contribution in [3.8, 4) is 11.4 Å². The quantitative estimate of drug-likeness (QED) is 0.744. The van der Waals surface area contributed by atoms with Crippen LogP contribution >= 0.6 is 0 Å². The van der Waals surface area contributed by atoms with E-state index >= 15 is 0 Å². The average Bonchev–Trinajstić information content (AvgIpc) is 3.17. The first-order valence-electron chi connectivity index (χ1n) is 9.34. The van der Waals surface area contributed by atoms with Crippen LogP contribution in [0.3, 0.4) is 0 Å². The van der Waals surface area contributed by atoms with Gasteiger partial charge in [0, 0.05) is 30.8 Å². The van der Waals surface area contributed by atoms with Gasteiger partial charge in [-0.15, -0.1) is 0 Å². The van der Waals surface area contributed by atoms with Gasteiger partial charge in [0.05, 0.1) is 6.61 Å². The SMILES string of the molecule is CCOC(=O)C1(NC(=O)CCc2nc(-c3cccnc3)no2)CCCCC1. The number of amides is 1. The predicted molar refractivity (Wildman–Crippen MR) is 96.4 cm³/mol. The van der Waals surface area contributed by atoms with Gasteiger partial charge in [-0.1, -0.05) is 24.4 Å². The summed E-state index contributed by atoms with van der Waals surface area (Å²) in [6.45, 7) is 2.07. The summed E-state index contributed by atoms with van der Waals surface area (Å²) in [5.41, 5.74) is -0.151. The Morgan fingerprint density at radius 3 is 2.81 bits per heavy atom. The van der Waals surface area contributed by atoms with Crippen LogP contribution in [0.2, 0.25) is 0 Å². The summed E-state index contributed by atoms with van der Waals surface area (Å²) in [5.74, 6) is 0.257. The van der Waals surface area contributed by atoms with Gasteiger partial charge in [-0.25, -0.2) is 4.79 Å². The molecule has 1 aliphatic rings. The molecule has 0 atom stereocenters. The molecular formula is C19H24N4O4. The van der Waals surface area contributed by atoms with Gasteiger partial charge in [-0.2, -0.15) is 4.98 Å². The molecule has 0 bridgehead atoms. The van der Waals surface area contributed by atoms with Crippen molar-refractivity contribution in [2.24, 2.45) is 0 Å². The van der Waals surface area contributed by atoms with Gasteiger partial charge in [0.2, 0.25) is 17.6 Å². The number of rotatable bonds is 7.